The molecule has 140 valence electrons. The Labute approximate surface area is 156 Å². The normalized spacial score (nSPS) is 31.7. The summed E-state index contributed by atoms with van der Waals surface area (Å²) in [6.07, 6.45) is 9.44. The standard InChI is InChI=1S/C23H30O3/c1-3-10-22-11-8-19-18-7-5-17(24-2)15-16(18)4-6-20(19)21(22)9-12-23(22)25-13-14-26-23/h5,7,15,21H,3-4,6,8-14H2,1-2H3/t21-,22-/m0/s1. The first-order valence-electron chi connectivity index (χ1n) is 10.4. The molecule has 2 fully saturated rings. The topological polar surface area (TPSA) is 27.7 Å². The van der Waals surface area contributed by atoms with Gasteiger partial charge < -0.3 is 14.2 Å². The lowest BCUT2D eigenvalue weighted by atomic mass is 9.59. The largest absolute Gasteiger partial charge is 0.497 e. The highest BCUT2D eigenvalue weighted by atomic mass is 16.7. The lowest BCUT2D eigenvalue weighted by molar-refractivity contribution is -0.233. The molecular formula is C23H30O3. The van der Waals surface area contributed by atoms with Crippen molar-refractivity contribution in [1.82, 2.24) is 0 Å². The SMILES string of the molecule is CCC[C@]12CCC3=C(CCc4cc(OC)ccc43)[C@@H]1CCC21OCCO1. The van der Waals surface area contributed by atoms with Gasteiger partial charge in [-0.05, 0) is 73.3 Å². The van der Waals surface area contributed by atoms with Gasteiger partial charge in [0.15, 0.2) is 5.79 Å². The molecule has 5 rings (SSSR count). The fourth-order valence-corrected chi connectivity index (χ4v) is 6.64. The second kappa shape index (κ2) is 6.10. The Morgan fingerprint density at radius 2 is 1.96 bits per heavy atom. The Morgan fingerprint density at radius 1 is 1.12 bits per heavy atom. The van der Waals surface area contributed by atoms with Crippen LogP contribution in [0.3, 0.4) is 0 Å². The number of methoxy groups -OCH3 is 1. The molecule has 1 aromatic rings. The Hall–Kier alpha value is -1.32. The molecule has 1 heterocycles. The van der Waals surface area contributed by atoms with Crippen LogP contribution in [0.25, 0.3) is 5.57 Å². The van der Waals surface area contributed by atoms with Gasteiger partial charge in [-0.15, -0.1) is 0 Å². The van der Waals surface area contributed by atoms with Gasteiger partial charge >= 0.3 is 0 Å². The molecule has 0 amide bonds. The minimum absolute atomic E-state index is 0.195. The minimum atomic E-state index is -0.299. The van der Waals surface area contributed by atoms with Crippen molar-refractivity contribution >= 4 is 5.57 Å². The molecule has 0 bridgehead atoms. The van der Waals surface area contributed by atoms with E-state index >= 15 is 0 Å². The molecule has 1 saturated carbocycles. The quantitative estimate of drug-likeness (QED) is 0.753. The summed E-state index contributed by atoms with van der Waals surface area (Å²) in [5.74, 6) is 1.32. The van der Waals surface area contributed by atoms with Crippen LogP contribution in [0.5, 0.6) is 5.75 Å². The Bertz CT molecular complexity index is 744. The lowest BCUT2D eigenvalue weighted by Crippen LogP contribution is -2.50. The lowest BCUT2D eigenvalue weighted by Gasteiger charge is -2.50. The van der Waals surface area contributed by atoms with Gasteiger partial charge in [0.1, 0.15) is 5.75 Å². The molecule has 1 aromatic carbocycles. The van der Waals surface area contributed by atoms with E-state index in [0.717, 1.165) is 31.8 Å². The van der Waals surface area contributed by atoms with Crippen LogP contribution in [0.4, 0.5) is 0 Å². The van der Waals surface area contributed by atoms with E-state index in [4.69, 9.17) is 14.2 Å². The molecule has 0 aromatic heterocycles. The first-order valence-corrected chi connectivity index (χ1v) is 10.4. The number of benzene rings is 1. The van der Waals surface area contributed by atoms with Gasteiger partial charge in [0.05, 0.1) is 20.3 Å². The molecule has 1 saturated heterocycles. The van der Waals surface area contributed by atoms with E-state index in [-0.39, 0.29) is 11.2 Å². The van der Waals surface area contributed by atoms with Crippen LogP contribution in [0, 0.1) is 11.3 Å². The van der Waals surface area contributed by atoms with Crippen LogP contribution in [0.2, 0.25) is 0 Å². The molecule has 1 aliphatic heterocycles. The maximum absolute atomic E-state index is 6.34. The number of fused-ring (bicyclic) bond motifs is 5. The first-order chi connectivity index (χ1) is 12.7. The highest BCUT2D eigenvalue weighted by molar-refractivity contribution is 5.75. The number of hydrogen-bond acceptors (Lipinski definition) is 3. The summed E-state index contributed by atoms with van der Waals surface area (Å²) in [6, 6.07) is 6.66. The second-order valence-electron chi connectivity index (χ2n) is 8.47. The van der Waals surface area contributed by atoms with Crippen molar-refractivity contribution < 1.29 is 14.2 Å². The van der Waals surface area contributed by atoms with Gasteiger partial charge in [0.25, 0.3) is 0 Å². The van der Waals surface area contributed by atoms with Crippen molar-refractivity contribution in [2.24, 2.45) is 11.3 Å². The number of rotatable bonds is 3. The number of allylic oxidation sites excluding steroid dienone is 2. The molecule has 1 spiro atoms. The predicted octanol–water partition coefficient (Wildman–Crippen LogP) is 5.13. The van der Waals surface area contributed by atoms with E-state index < -0.39 is 0 Å². The van der Waals surface area contributed by atoms with Gasteiger partial charge in [-0.3, -0.25) is 0 Å². The summed E-state index contributed by atoms with van der Waals surface area (Å²) in [7, 11) is 1.76. The number of ether oxygens (including phenoxy) is 3. The third kappa shape index (κ3) is 2.13. The highest BCUT2D eigenvalue weighted by Gasteiger charge is 2.64. The molecule has 3 aliphatic carbocycles. The van der Waals surface area contributed by atoms with Crippen molar-refractivity contribution in [2.45, 2.75) is 64.1 Å². The third-order valence-corrected chi connectivity index (χ3v) is 7.57. The summed E-state index contributed by atoms with van der Waals surface area (Å²) >= 11 is 0. The molecule has 0 radical (unpaired) electrons. The van der Waals surface area contributed by atoms with Gasteiger partial charge in [-0.2, -0.15) is 0 Å². The van der Waals surface area contributed by atoms with E-state index in [1.165, 1.54) is 49.7 Å². The maximum atomic E-state index is 6.34. The van der Waals surface area contributed by atoms with E-state index in [9.17, 15) is 0 Å². The van der Waals surface area contributed by atoms with Crippen molar-refractivity contribution in [2.75, 3.05) is 20.3 Å². The highest BCUT2D eigenvalue weighted by Crippen LogP contribution is 2.66. The summed E-state index contributed by atoms with van der Waals surface area (Å²) < 4.78 is 18.1. The fraction of sp³-hybridized carbons (Fsp3) is 0.652. The van der Waals surface area contributed by atoms with Crippen molar-refractivity contribution in [3.05, 3.63) is 34.9 Å². The minimum Gasteiger partial charge on any atom is -0.497 e. The van der Waals surface area contributed by atoms with Crippen LogP contribution >= 0.6 is 0 Å². The molecule has 3 heteroatoms. The van der Waals surface area contributed by atoms with Crippen LogP contribution in [0.1, 0.15) is 63.0 Å². The fourth-order valence-electron chi connectivity index (χ4n) is 6.64. The van der Waals surface area contributed by atoms with E-state index in [1.54, 1.807) is 18.3 Å². The third-order valence-electron chi connectivity index (χ3n) is 7.57. The van der Waals surface area contributed by atoms with Gasteiger partial charge in [-0.1, -0.05) is 25.0 Å². The van der Waals surface area contributed by atoms with Crippen LogP contribution in [-0.4, -0.2) is 26.1 Å². The molecule has 0 N–H and O–H groups in total. The smallest absolute Gasteiger partial charge is 0.174 e. The average molecular weight is 354 g/mol. The predicted molar refractivity (Wildman–Crippen MR) is 102 cm³/mol. The molecule has 4 aliphatic rings. The van der Waals surface area contributed by atoms with Gasteiger partial charge in [0, 0.05) is 11.8 Å². The van der Waals surface area contributed by atoms with Crippen molar-refractivity contribution in [3.63, 3.8) is 0 Å². The molecular weight excluding hydrogens is 324 g/mol. The Balaban J connectivity index is 1.59. The Kier molecular flexibility index (Phi) is 3.95. The van der Waals surface area contributed by atoms with Crippen LogP contribution in [-0.2, 0) is 15.9 Å². The molecule has 2 atom stereocenters. The van der Waals surface area contributed by atoms with Crippen molar-refractivity contribution in [1.29, 1.82) is 0 Å². The number of aryl methyl sites for hydroxylation is 1. The van der Waals surface area contributed by atoms with E-state index in [0.29, 0.717) is 5.92 Å². The monoisotopic (exact) mass is 354 g/mol. The summed E-state index contributed by atoms with van der Waals surface area (Å²) in [5.41, 5.74) is 6.48. The van der Waals surface area contributed by atoms with Crippen LogP contribution in [0.15, 0.2) is 23.8 Å². The summed E-state index contributed by atoms with van der Waals surface area (Å²) in [4.78, 5) is 0. The maximum Gasteiger partial charge on any atom is 0.174 e. The molecule has 26 heavy (non-hydrogen) atoms. The van der Waals surface area contributed by atoms with Gasteiger partial charge in [0.2, 0.25) is 0 Å². The zero-order valence-corrected chi connectivity index (χ0v) is 16.1. The molecule has 0 unspecified atom stereocenters. The Morgan fingerprint density at radius 3 is 2.73 bits per heavy atom. The first kappa shape index (κ1) is 16.8. The van der Waals surface area contributed by atoms with Gasteiger partial charge in [-0.25, -0.2) is 0 Å². The summed E-state index contributed by atoms with van der Waals surface area (Å²) in [5, 5.41) is 0. The van der Waals surface area contributed by atoms with Crippen LogP contribution < -0.4 is 4.74 Å². The van der Waals surface area contributed by atoms with E-state index in [1.807, 2.05) is 0 Å². The number of hydrogen-bond donors (Lipinski definition) is 0. The van der Waals surface area contributed by atoms with E-state index in [2.05, 4.69) is 25.1 Å². The average Bonchev–Trinajstić information content (AvgIpc) is 3.28. The zero-order valence-electron chi connectivity index (χ0n) is 16.1. The van der Waals surface area contributed by atoms with Crippen molar-refractivity contribution in [3.8, 4) is 5.75 Å². The summed E-state index contributed by atoms with van der Waals surface area (Å²) in [6.45, 7) is 3.86. The second-order valence-corrected chi connectivity index (χ2v) is 8.47. The molecule has 3 nitrogen and oxygen atoms in total. The zero-order chi connectivity index (χ0) is 17.8.